The van der Waals surface area contributed by atoms with Gasteiger partial charge in [-0.15, -0.1) is 0 Å². The van der Waals surface area contributed by atoms with Crippen LogP contribution < -0.4 is 5.32 Å². The van der Waals surface area contributed by atoms with Gasteiger partial charge in [-0.1, -0.05) is 36.4 Å². The lowest BCUT2D eigenvalue weighted by Crippen LogP contribution is -2.08. The van der Waals surface area contributed by atoms with Crippen LogP contribution in [0.1, 0.15) is 11.1 Å². The Balaban J connectivity index is 2.81. The highest BCUT2D eigenvalue weighted by Crippen LogP contribution is 2.12. The van der Waals surface area contributed by atoms with E-state index in [4.69, 9.17) is 0 Å². The van der Waals surface area contributed by atoms with E-state index in [-0.39, 0.29) is 0 Å². The summed E-state index contributed by atoms with van der Waals surface area (Å²) in [6.07, 6.45) is 0. The predicted molar refractivity (Wildman–Crippen MR) is 54.1 cm³/mol. The van der Waals surface area contributed by atoms with Crippen LogP contribution in [0.15, 0.2) is 30.8 Å². The average molecular weight is 161 g/mol. The third-order valence-corrected chi connectivity index (χ3v) is 1.82. The minimum atomic E-state index is 0.851. The van der Waals surface area contributed by atoms with Crippen LogP contribution in [0.4, 0.5) is 0 Å². The second-order valence-electron chi connectivity index (χ2n) is 3.00. The minimum Gasteiger partial charge on any atom is -0.316 e. The maximum absolute atomic E-state index is 3.99. The molecule has 0 saturated carbocycles. The number of aryl methyl sites for hydroxylation is 1. The van der Waals surface area contributed by atoms with E-state index in [1.165, 1.54) is 11.1 Å². The van der Waals surface area contributed by atoms with Crippen LogP contribution in [0.25, 0.3) is 5.57 Å². The van der Waals surface area contributed by atoms with Gasteiger partial charge >= 0.3 is 0 Å². The fourth-order valence-electron chi connectivity index (χ4n) is 1.18. The molecule has 1 N–H and O–H groups in total. The Morgan fingerprint density at radius 3 is 2.83 bits per heavy atom. The molecule has 0 aromatic heterocycles. The smallest absolute Gasteiger partial charge is 0.0202 e. The van der Waals surface area contributed by atoms with E-state index in [0.717, 1.165) is 12.1 Å². The molecule has 0 aliphatic rings. The van der Waals surface area contributed by atoms with Gasteiger partial charge in [0.15, 0.2) is 0 Å². The summed E-state index contributed by atoms with van der Waals surface area (Å²) in [5.74, 6) is 0. The van der Waals surface area contributed by atoms with Crippen LogP contribution >= 0.6 is 0 Å². The summed E-state index contributed by atoms with van der Waals surface area (Å²) in [5.41, 5.74) is 3.65. The normalized spacial score (nSPS) is 9.83. The van der Waals surface area contributed by atoms with Crippen molar-refractivity contribution in [1.29, 1.82) is 0 Å². The van der Waals surface area contributed by atoms with Gasteiger partial charge in [-0.25, -0.2) is 0 Å². The Kier molecular flexibility index (Phi) is 3.06. The number of hydrogen-bond donors (Lipinski definition) is 1. The van der Waals surface area contributed by atoms with Crippen LogP contribution in [-0.2, 0) is 0 Å². The standard InChI is InChI=1S/C11H15N/c1-9-5-4-6-11(7-9)10(2)8-12-3/h4-7,12H,2,8H2,1,3H3. The van der Waals surface area contributed by atoms with E-state index < -0.39 is 0 Å². The van der Waals surface area contributed by atoms with Gasteiger partial charge in [0.25, 0.3) is 0 Å². The lowest BCUT2D eigenvalue weighted by Gasteiger charge is -2.05. The number of hydrogen-bond acceptors (Lipinski definition) is 1. The van der Waals surface area contributed by atoms with E-state index in [1.807, 2.05) is 7.05 Å². The number of rotatable bonds is 3. The highest BCUT2D eigenvalue weighted by atomic mass is 14.8. The molecule has 0 amide bonds. The molecule has 1 aromatic carbocycles. The van der Waals surface area contributed by atoms with Crippen LogP contribution in [0.5, 0.6) is 0 Å². The van der Waals surface area contributed by atoms with E-state index in [2.05, 4.69) is 43.1 Å². The lowest BCUT2D eigenvalue weighted by molar-refractivity contribution is 0.932. The first-order valence-corrected chi connectivity index (χ1v) is 4.13. The first kappa shape index (κ1) is 9.01. The molecule has 1 rings (SSSR count). The van der Waals surface area contributed by atoms with Crippen molar-refractivity contribution < 1.29 is 0 Å². The molecule has 12 heavy (non-hydrogen) atoms. The molecule has 0 radical (unpaired) electrons. The van der Waals surface area contributed by atoms with Crippen molar-refractivity contribution in [2.75, 3.05) is 13.6 Å². The summed E-state index contributed by atoms with van der Waals surface area (Å²) in [6, 6.07) is 8.40. The lowest BCUT2D eigenvalue weighted by atomic mass is 10.1. The van der Waals surface area contributed by atoms with Gasteiger partial charge in [0.1, 0.15) is 0 Å². The van der Waals surface area contributed by atoms with Crippen molar-refractivity contribution >= 4 is 5.57 Å². The molecule has 1 heteroatoms. The third-order valence-electron chi connectivity index (χ3n) is 1.82. The van der Waals surface area contributed by atoms with Gasteiger partial charge in [-0.2, -0.15) is 0 Å². The fourth-order valence-corrected chi connectivity index (χ4v) is 1.18. The summed E-state index contributed by atoms with van der Waals surface area (Å²) >= 11 is 0. The number of benzene rings is 1. The van der Waals surface area contributed by atoms with E-state index in [0.29, 0.717) is 0 Å². The summed E-state index contributed by atoms with van der Waals surface area (Å²) in [4.78, 5) is 0. The molecule has 0 atom stereocenters. The topological polar surface area (TPSA) is 12.0 Å². The van der Waals surface area contributed by atoms with Crippen molar-refractivity contribution in [3.63, 3.8) is 0 Å². The van der Waals surface area contributed by atoms with Crippen LogP contribution in [0.3, 0.4) is 0 Å². The van der Waals surface area contributed by atoms with Crippen molar-refractivity contribution in [2.24, 2.45) is 0 Å². The second-order valence-corrected chi connectivity index (χ2v) is 3.00. The van der Waals surface area contributed by atoms with Crippen molar-refractivity contribution in [3.8, 4) is 0 Å². The largest absolute Gasteiger partial charge is 0.316 e. The Bertz CT molecular complexity index is 276. The molecule has 0 aliphatic carbocycles. The van der Waals surface area contributed by atoms with Crippen molar-refractivity contribution in [3.05, 3.63) is 42.0 Å². The number of likely N-dealkylation sites (N-methyl/N-ethyl adjacent to an activating group) is 1. The van der Waals surface area contributed by atoms with Crippen molar-refractivity contribution in [2.45, 2.75) is 6.92 Å². The summed E-state index contributed by atoms with van der Waals surface area (Å²) in [5, 5.41) is 3.09. The van der Waals surface area contributed by atoms with Gasteiger partial charge in [-0.3, -0.25) is 0 Å². The van der Waals surface area contributed by atoms with Gasteiger partial charge in [0.2, 0.25) is 0 Å². The highest BCUT2D eigenvalue weighted by molar-refractivity contribution is 5.65. The molecule has 0 aliphatic heterocycles. The average Bonchev–Trinajstić information content (AvgIpc) is 2.05. The summed E-state index contributed by atoms with van der Waals surface area (Å²) in [6.45, 7) is 6.94. The first-order valence-electron chi connectivity index (χ1n) is 4.13. The molecule has 64 valence electrons. The zero-order chi connectivity index (χ0) is 8.97. The molecule has 0 unspecified atom stereocenters. The summed E-state index contributed by atoms with van der Waals surface area (Å²) < 4.78 is 0. The molecule has 0 heterocycles. The molecular weight excluding hydrogens is 146 g/mol. The predicted octanol–water partition coefficient (Wildman–Crippen LogP) is 2.23. The maximum Gasteiger partial charge on any atom is 0.0202 e. The first-order chi connectivity index (χ1) is 5.74. The fraction of sp³-hybridized carbons (Fsp3) is 0.273. The zero-order valence-corrected chi connectivity index (χ0v) is 7.72. The Labute approximate surface area is 74.1 Å². The molecule has 0 saturated heterocycles. The SMILES string of the molecule is C=C(CNC)c1cccc(C)c1. The number of nitrogens with one attached hydrogen (secondary N) is 1. The van der Waals surface area contributed by atoms with E-state index >= 15 is 0 Å². The molecule has 1 aromatic rings. The quantitative estimate of drug-likeness (QED) is 0.716. The molecule has 1 nitrogen and oxygen atoms in total. The van der Waals surface area contributed by atoms with Crippen LogP contribution in [0, 0.1) is 6.92 Å². The van der Waals surface area contributed by atoms with Gasteiger partial charge < -0.3 is 5.32 Å². The highest BCUT2D eigenvalue weighted by Gasteiger charge is 1.96. The van der Waals surface area contributed by atoms with Gasteiger partial charge in [-0.05, 0) is 25.1 Å². The monoisotopic (exact) mass is 161 g/mol. The minimum absolute atomic E-state index is 0.851. The van der Waals surface area contributed by atoms with Crippen molar-refractivity contribution in [1.82, 2.24) is 5.32 Å². The molecular formula is C11H15N. The van der Waals surface area contributed by atoms with Gasteiger partial charge in [0, 0.05) is 6.54 Å². The van der Waals surface area contributed by atoms with E-state index in [9.17, 15) is 0 Å². The van der Waals surface area contributed by atoms with E-state index in [1.54, 1.807) is 0 Å². The Hall–Kier alpha value is -1.08. The molecule has 0 bridgehead atoms. The van der Waals surface area contributed by atoms with Crippen LogP contribution in [-0.4, -0.2) is 13.6 Å². The Morgan fingerprint density at radius 1 is 1.50 bits per heavy atom. The summed E-state index contributed by atoms with van der Waals surface area (Å²) in [7, 11) is 1.93. The maximum atomic E-state index is 3.99. The second kappa shape index (κ2) is 4.07. The Morgan fingerprint density at radius 2 is 2.25 bits per heavy atom. The molecule has 0 spiro atoms. The third kappa shape index (κ3) is 2.21. The molecule has 0 fully saturated rings. The zero-order valence-electron chi connectivity index (χ0n) is 7.72. The van der Waals surface area contributed by atoms with Crippen LogP contribution in [0.2, 0.25) is 0 Å². The van der Waals surface area contributed by atoms with Gasteiger partial charge in [0.05, 0.1) is 0 Å².